The molecule has 2 aromatic carbocycles. The number of aliphatic hydroxyl groups excluding tert-OH is 1. The van der Waals surface area contributed by atoms with Crippen molar-refractivity contribution in [2.24, 2.45) is 0 Å². The fourth-order valence-corrected chi connectivity index (χ4v) is 4.64. The van der Waals surface area contributed by atoms with Gasteiger partial charge in [-0.15, -0.1) is 0 Å². The summed E-state index contributed by atoms with van der Waals surface area (Å²) in [6, 6.07) is 12.8. The van der Waals surface area contributed by atoms with Crippen molar-refractivity contribution in [2.45, 2.75) is 32.0 Å². The summed E-state index contributed by atoms with van der Waals surface area (Å²) in [5.74, 6) is -0.793. The number of esters is 1. The first-order chi connectivity index (χ1) is 14.8. The zero-order valence-electron chi connectivity index (χ0n) is 16.9. The lowest BCUT2D eigenvalue weighted by Crippen LogP contribution is -2.51. The molecule has 4 rings (SSSR count). The van der Waals surface area contributed by atoms with Crippen LogP contribution in [-0.4, -0.2) is 40.8 Å². The van der Waals surface area contributed by atoms with E-state index in [1.807, 2.05) is 37.3 Å². The second kappa shape index (κ2) is 8.55. The van der Waals surface area contributed by atoms with Gasteiger partial charge in [-0.1, -0.05) is 41.9 Å². The minimum Gasteiger partial charge on any atom is -0.507 e. The van der Waals surface area contributed by atoms with Crippen LogP contribution in [0.15, 0.2) is 52.7 Å². The molecule has 31 heavy (non-hydrogen) atoms. The number of aliphatic hydroxyl groups is 1. The molecular weight excluding hydrogens is 486 g/mol. The predicted molar refractivity (Wildman–Crippen MR) is 120 cm³/mol. The van der Waals surface area contributed by atoms with Gasteiger partial charge in [0, 0.05) is 11.0 Å². The van der Waals surface area contributed by atoms with Crippen molar-refractivity contribution in [1.29, 1.82) is 0 Å². The Morgan fingerprint density at radius 1 is 1.32 bits per heavy atom. The van der Waals surface area contributed by atoms with Crippen molar-refractivity contribution in [1.82, 2.24) is 4.90 Å². The van der Waals surface area contributed by atoms with Crippen molar-refractivity contribution in [3.05, 3.63) is 74.4 Å². The molecule has 0 aromatic heterocycles. The molecule has 1 amide bonds. The molecule has 2 aliphatic heterocycles. The van der Waals surface area contributed by atoms with E-state index in [1.165, 1.54) is 4.90 Å². The molecule has 1 N–H and O–H groups in total. The van der Waals surface area contributed by atoms with E-state index < -0.39 is 17.7 Å². The lowest BCUT2D eigenvalue weighted by atomic mass is 9.88. The largest absolute Gasteiger partial charge is 0.507 e. The smallest absolute Gasteiger partial charge is 0.410 e. The summed E-state index contributed by atoms with van der Waals surface area (Å²) < 4.78 is 11.8. The van der Waals surface area contributed by atoms with E-state index in [2.05, 4.69) is 15.9 Å². The number of rotatable bonds is 3. The van der Waals surface area contributed by atoms with Crippen LogP contribution in [0.2, 0.25) is 5.02 Å². The van der Waals surface area contributed by atoms with Crippen molar-refractivity contribution in [2.75, 3.05) is 13.1 Å². The summed E-state index contributed by atoms with van der Waals surface area (Å²) in [5.41, 5.74) is 0.967. The Balaban J connectivity index is 1.57. The third-order valence-corrected chi connectivity index (χ3v) is 6.81. The Morgan fingerprint density at radius 3 is 2.81 bits per heavy atom. The quantitative estimate of drug-likeness (QED) is 0.564. The van der Waals surface area contributed by atoms with Gasteiger partial charge in [-0.3, -0.25) is 0 Å². The Bertz CT molecular complexity index is 1070. The van der Waals surface area contributed by atoms with Gasteiger partial charge in [-0.2, -0.15) is 0 Å². The van der Waals surface area contributed by atoms with Crippen LogP contribution in [0.25, 0.3) is 5.57 Å². The van der Waals surface area contributed by atoms with Crippen LogP contribution in [0.3, 0.4) is 0 Å². The van der Waals surface area contributed by atoms with Gasteiger partial charge >= 0.3 is 12.1 Å². The number of hydrogen-bond acceptors (Lipinski definition) is 5. The fraction of sp³-hybridized carbons (Fsp3) is 0.304. The van der Waals surface area contributed by atoms with Gasteiger partial charge in [0.1, 0.15) is 12.2 Å². The average Bonchev–Trinajstić information content (AvgIpc) is 2.98. The van der Waals surface area contributed by atoms with Crippen LogP contribution < -0.4 is 0 Å². The highest BCUT2D eigenvalue weighted by molar-refractivity contribution is 9.10. The maximum absolute atomic E-state index is 12.8. The van der Waals surface area contributed by atoms with Gasteiger partial charge in [-0.25, -0.2) is 9.59 Å². The Kier molecular flexibility index (Phi) is 5.99. The molecule has 2 aromatic rings. The highest BCUT2D eigenvalue weighted by atomic mass is 79.9. The number of nitrogens with zero attached hydrogens (tertiary/aromatic N) is 1. The SMILES string of the molecule is Cc1cc(Br)c(Cl)cc1C1=C(O)C2(CCCN(C(=O)OCc3ccccc3)C2)OC1=O. The molecule has 162 valence electrons. The number of amides is 1. The lowest BCUT2D eigenvalue weighted by molar-refractivity contribution is -0.151. The zero-order chi connectivity index (χ0) is 22.2. The van der Waals surface area contributed by atoms with E-state index >= 15 is 0 Å². The molecule has 2 aliphatic rings. The number of carbonyl (C=O) groups is 2. The second-order valence-electron chi connectivity index (χ2n) is 7.75. The van der Waals surface area contributed by atoms with Crippen LogP contribution in [-0.2, 0) is 20.9 Å². The van der Waals surface area contributed by atoms with E-state index in [9.17, 15) is 14.7 Å². The molecule has 0 saturated carbocycles. The van der Waals surface area contributed by atoms with Crippen LogP contribution in [0.5, 0.6) is 0 Å². The van der Waals surface area contributed by atoms with Gasteiger partial charge < -0.3 is 19.5 Å². The van der Waals surface area contributed by atoms with Crippen LogP contribution in [0.4, 0.5) is 4.79 Å². The molecule has 1 fully saturated rings. The van der Waals surface area contributed by atoms with Gasteiger partial charge in [0.05, 0.1) is 11.6 Å². The van der Waals surface area contributed by atoms with Crippen LogP contribution >= 0.6 is 27.5 Å². The molecule has 6 nitrogen and oxygen atoms in total. The summed E-state index contributed by atoms with van der Waals surface area (Å²) in [6.07, 6.45) is 0.466. The highest BCUT2D eigenvalue weighted by Crippen LogP contribution is 2.43. The van der Waals surface area contributed by atoms with E-state index in [0.717, 1.165) is 11.1 Å². The lowest BCUT2D eigenvalue weighted by Gasteiger charge is -2.38. The molecule has 1 saturated heterocycles. The van der Waals surface area contributed by atoms with Crippen LogP contribution in [0, 0.1) is 6.92 Å². The number of carbonyl (C=O) groups excluding carboxylic acids is 2. The van der Waals surface area contributed by atoms with Gasteiger partial charge in [0.25, 0.3) is 0 Å². The first-order valence-electron chi connectivity index (χ1n) is 9.89. The third kappa shape index (κ3) is 4.16. The summed E-state index contributed by atoms with van der Waals surface area (Å²) in [7, 11) is 0. The Morgan fingerprint density at radius 2 is 2.06 bits per heavy atom. The van der Waals surface area contributed by atoms with Crippen molar-refractivity contribution in [3.8, 4) is 0 Å². The number of hydrogen-bond donors (Lipinski definition) is 1. The van der Waals surface area contributed by atoms with Crippen molar-refractivity contribution >= 4 is 45.2 Å². The molecule has 8 heteroatoms. The number of piperidine rings is 1. The number of likely N-dealkylation sites (tertiary alicyclic amines) is 1. The standard InChI is InChI=1S/C23H21BrClNO5/c1-14-10-17(24)18(25)11-16(14)19-20(27)23(31-21(19)28)8-5-9-26(13-23)22(29)30-12-15-6-3-2-4-7-15/h2-4,6-7,10-11,27H,5,8-9,12-13H2,1H3. The molecular formula is C23H21BrClNO5. The minimum atomic E-state index is -1.28. The first kappa shape index (κ1) is 21.7. The molecule has 0 aliphatic carbocycles. The van der Waals surface area contributed by atoms with Gasteiger partial charge in [0.2, 0.25) is 0 Å². The van der Waals surface area contributed by atoms with Gasteiger partial charge in [0.15, 0.2) is 11.4 Å². The number of halogens is 2. The van der Waals surface area contributed by atoms with E-state index in [4.69, 9.17) is 21.1 Å². The third-order valence-electron chi connectivity index (χ3n) is 5.62. The first-order valence-corrected chi connectivity index (χ1v) is 11.1. The Hall–Kier alpha value is -2.51. The maximum Gasteiger partial charge on any atom is 0.410 e. The summed E-state index contributed by atoms with van der Waals surface area (Å²) in [6.45, 7) is 2.46. The molecule has 2 heterocycles. The minimum absolute atomic E-state index is 0.0327. The number of aryl methyl sites for hydroxylation is 1. The van der Waals surface area contributed by atoms with E-state index in [-0.39, 0.29) is 24.5 Å². The average molecular weight is 507 g/mol. The highest BCUT2D eigenvalue weighted by Gasteiger charge is 2.52. The summed E-state index contributed by atoms with van der Waals surface area (Å²) in [4.78, 5) is 26.9. The normalized spacial score (nSPS) is 20.9. The van der Waals surface area contributed by atoms with Crippen LogP contribution in [0.1, 0.15) is 29.5 Å². The molecule has 1 spiro atoms. The maximum atomic E-state index is 12.8. The predicted octanol–water partition coefficient (Wildman–Crippen LogP) is 5.41. The van der Waals surface area contributed by atoms with Crippen molar-refractivity contribution < 1.29 is 24.2 Å². The number of benzene rings is 2. The van der Waals surface area contributed by atoms with E-state index in [0.29, 0.717) is 34.4 Å². The topological polar surface area (TPSA) is 76.1 Å². The second-order valence-corrected chi connectivity index (χ2v) is 9.02. The Labute approximate surface area is 193 Å². The molecule has 0 bridgehead atoms. The molecule has 0 radical (unpaired) electrons. The fourth-order valence-electron chi connectivity index (χ4n) is 4.02. The zero-order valence-corrected chi connectivity index (χ0v) is 19.2. The van der Waals surface area contributed by atoms with Crippen molar-refractivity contribution in [3.63, 3.8) is 0 Å². The summed E-state index contributed by atoms with van der Waals surface area (Å²) >= 11 is 9.57. The monoisotopic (exact) mass is 505 g/mol. The van der Waals surface area contributed by atoms with Gasteiger partial charge in [-0.05, 0) is 64.5 Å². The van der Waals surface area contributed by atoms with E-state index in [1.54, 1.807) is 12.1 Å². The molecule has 1 unspecified atom stereocenters. The number of ether oxygens (including phenoxy) is 2. The molecule has 1 atom stereocenters. The summed E-state index contributed by atoms with van der Waals surface area (Å²) in [5, 5.41) is 11.5.